The molecule has 9 heteroatoms. The number of fused-ring (bicyclic) bond motifs is 1. The van der Waals surface area contributed by atoms with Gasteiger partial charge in [-0.25, -0.2) is 19.7 Å². The lowest BCUT2D eigenvalue weighted by molar-refractivity contribution is -0.113. The third-order valence-corrected chi connectivity index (χ3v) is 4.20. The molecule has 8 nitrogen and oxygen atoms in total. The molecule has 128 valence electrons. The van der Waals surface area contributed by atoms with Crippen LogP contribution in [0.2, 0.25) is 0 Å². The summed E-state index contributed by atoms with van der Waals surface area (Å²) in [6.45, 7) is 2.07. The number of aromatic amines is 1. The average Bonchev–Trinajstić information content (AvgIpc) is 3.10. The minimum Gasteiger partial charge on any atom is -0.462 e. The molecular weight excluding hydrogens is 342 g/mol. The van der Waals surface area contributed by atoms with Gasteiger partial charge in [-0.1, -0.05) is 11.8 Å². The van der Waals surface area contributed by atoms with Gasteiger partial charge in [0.1, 0.15) is 16.9 Å². The molecule has 0 aliphatic heterocycles. The van der Waals surface area contributed by atoms with Gasteiger partial charge in [0.2, 0.25) is 5.91 Å². The van der Waals surface area contributed by atoms with Crippen LogP contribution in [0.25, 0.3) is 11.2 Å². The number of nitrogens with one attached hydrogen (secondary N) is 2. The van der Waals surface area contributed by atoms with Crippen LogP contribution in [0.5, 0.6) is 0 Å². The predicted octanol–water partition coefficient (Wildman–Crippen LogP) is 2.26. The van der Waals surface area contributed by atoms with Crippen molar-refractivity contribution in [3.8, 4) is 0 Å². The Morgan fingerprint density at radius 1 is 1.20 bits per heavy atom. The number of ether oxygens (including phenoxy) is 1. The number of rotatable bonds is 6. The number of aromatic nitrogens is 4. The van der Waals surface area contributed by atoms with Crippen LogP contribution >= 0.6 is 11.8 Å². The number of esters is 1. The van der Waals surface area contributed by atoms with Gasteiger partial charge in [-0.2, -0.15) is 0 Å². The van der Waals surface area contributed by atoms with E-state index in [-0.39, 0.29) is 17.6 Å². The monoisotopic (exact) mass is 357 g/mol. The number of anilines is 1. The zero-order valence-corrected chi connectivity index (χ0v) is 14.2. The minimum atomic E-state index is -0.386. The highest BCUT2D eigenvalue weighted by Crippen LogP contribution is 2.22. The second kappa shape index (κ2) is 7.75. The first-order chi connectivity index (χ1) is 12.2. The summed E-state index contributed by atoms with van der Waals surface area (Å²) in [4.78, 5) is 38.9. The Morgan fingerprint density at radius 3 is 2.76 bits per heavy atom. The Hall–Kier alpha value is -2.94. The number of nitrogens with zero attached hydrogens (tertiary/aromatic N) is 3. The molecule has 0 aliphatic rings. The fraction of sp³-hybridized carbons (Fsp3) is 0.188. The Bertz CT molecular complexity index is 894. The molecule has 2 aromatic heterocycles. The molecule has 25 heavy (non-hydrogen) atoms. The standard InChI is InChI=1S/C16H15N5O3S/c1-2-24-16(23)10-3-5-11(6-4-10)21-12(22)7-25-15-13-14(18-8-17-13)19-9-20-15/h3-6,8-9H,2,7H2,1H3,(H,21,22)(H,17,18,19,20). The topological polar surface area (TPSA) is 110 Å². The van der Waals surface area contributed by atoms with E-state index in [2.05, 4.69) is 25.3 Å². The Morgan fingerprint density at radius 2 is 2.00 bits per heavy atom. The Kier molecular flexibility index (Phi) is 5.24. The summed E-state index contributed by atoms with van der Waals surface area (Å²) in [6, 6.07) is 6.54. The first-order valence-electron chi connectivity index (χ1n) is 7.51. The molecule has 0 atom stereocenters. The smallest absolute Gasteiger partial charge is 0.338 e. The number of hydrogen-bond acceptors (Lipinski definition) is 7. The van der Waals surface area contributed by atoms with Crippen molar-refractivity contribution in [2.24, 2.45) is 0 Å². The molecule has 0 saturated carbocycles. The second-order valence-corrected chi connectivity index (χ2v) is 5.88. The van der Waals surface area contributed by atoms with Crippen molar-refractivity contribution in [2.45, 2.75) is 11.9 Å². The normalized spacial score (nSPS) is 10.6. The molecule has 1 aromatic carbocycles. The lowest BCUT2D eigenvalue weighted by atomic mass is 10.2. The first-order valence-corrected chi connectivity index (χ1v) is 8.50. The van der Waals surface area contributed by atoms with Crippen molar-refractivity contribution in [2.75, 3.05) is 17.7 Å². The largest absolute Gasteiger partial charge is 0.462 e. The van der Waals surface area contributed by atoms with Gasteiger partial charge in [-0.3, -0.25) is 4.79 Å². The number of benzene rings is 1. The van der Waals surface area contributed by atoms with Crippen LogP contribution in [0.3, 0.4) is 0 Å². The summed E-state index contributed by atoms with van der Waals surface area (Å²) in [5.41, 5.74) is 2.32. The Balaban J connectivity index is 1.57. The van der Waals surface area contributed by atoms with E-state index >= 15 is 0 Å². The predicted molar refractivity (Wildman–Crippen MR) is 93.4 cm³/mol. The maximum absolute atomic E-state index is 12.1. The maximum atomic E-state index is 12.1. The van der Waals surface area contributed by atoms with E-state index in [4.69, 9.17) is 4.74 Å². The van der Waals surface area contributed by atoms with E-state index in [0.717, 1.165) is 0 Å². The fourth-order valence-electron chi connectivity index (χ4n) is 2.09. The molecule has 2 N–H and O–H groups in total. The fourth-order valence-corrected chi connectivity index (χ4v) is 2.84. The number of H-pyrrole nitrogens is 1. The summed E-state index contributed by atoms with van der Waals surface area (Å²) in [7, 11) is 0. The lowest BCUT2D eigenvalue weighted by Crippen LogP contribution is -2.14. The molecular formula is C16H15N5O3S. The summed E-state index contributed by atoms with van der Waals surface area (Å²) >= 11 is 1.29. The van der Waals surface area contributed by atoms with Gasteiger partial charge >= 0.3 is 5.97 Å². The van der Waals surface area contributed by atoms with Crippen molar-refractivity contribution in [1.29, 1.82) is 0 Å². The molecule has 0 aliphatic carbocycles. The Labute approximate surface area is 147 Å². The number of amides is 1. The molecule has 0 radical (unpaired) electrons. The van der Waals surface area contributed by atoms with E-state index in [1.807, 2.05) is 0 Å². The van der Waals surface area contributed by atoms with E-state index in [0.29, 0.717) is 34.0 Å². The highest BCUT2D eigenvalue weighted by atomic mass is 32.2. The van der Waals surface area contributed by atoms with Crippen LogP contribution in [0.15, 0.2) is 41.9 Å². The highest BCUT2D eigenvalue weighted by Gasteiger charge is 2.10. The average molecular weight is 357 g/mol. The van der Waals surface area contributed by atoms with Crippen LogP contribution in [0.4, 0.5) is 5.69 Å². The van der Waals surface area contributed by atoms with Crippen molar-refractivity contribution in [1.82, 2.24) is 19.9 Å². The molecule has 0 saturated heterocycles. The van der Waals surface area contributed by atoms with Gasteiger partial charge in [-0.15, -0.1) is 0 Å². The minimum absolute atomic E-state index is 0.180. The van der Waals surface area contributed by atoms with Gasteiger partial charge in [0.05, 0.1) is 24.3 Å². The van der Waals surface area contributed by atoms with Gasteiger partial charge in [0.25, 0.3) is 0 Å². The van der Waals surface area contributed by atoms with E-state index < -0.39 is 0 Å². The van der Waals surface area contributed by atoms with Crippen LogP contribution in [-0.2, 0) is 9.53 Å². The van der Waals surface area contributed by atoms with E-state index in [9.17, 15) is 9.59 Å². The SMILES string of the molecule is CCOC(=O)c1ccc(NC(=O)CSc2ncnc3nc[nH]c23)cc1. The third kappa shape index (κ3) is 4.13. The van der Waals surface area contributed by atoms with Crippen LogP contribution in [-0.4, -0.2) is 44.2 Å². The molecule has 3 rings (SSSR count). The number of thioether (sulfide) groups is 1. The van der Waals surface area contributed by atoms with Gasteiger partial charge < -0.3 is 15.0 Å². The summed E-state index contributed by atoms with van der Waals surface area (Å²) in [5, 5.41) is 3.43. The zero-order chi connectivity index (χ0) is 17.6. The van der Waals surface area contributed by atoms with Gasteiger partial charge in [0, 0.05) is 5.69 Å². The molecule has 2 heterocycles. The summed E-state index contributed by atoms with van der Waals surface area (Å²) in [6.07, 6.45) is 2.95. The molecule has 0 bridgehead atoms. The van der Waals surface area contributed by atoms with Crippen LogP contribution < -0.4 is 5.32 Å². The molecule has 1 amide bonds. The number of carbonyl (C=O) groups is 2. The molecule has 0 spiro atoms. The van der Waals surface area contributed by atoms with E-state index in [1.165, 1.54) is 24.4 Å². The maximum Gasteiger partial charge on any atom is 0.338 e. The first kappa shape index (κ1) is 16.9. The van der Waals surface area contributed by atoms with Crippen LogP contribution in [0, 0.1) is 0 Å². The van der Waals surface area contributed by atoms with Crippen molar-refractivity contribution >= 4 is 40.5 Å². The third-order valence-electron chi connectivity index (χ3n) is 3.21. The second-order valence-electron chi connectivity index (χ2n) is 4.91. The molecule has 3 aromatic rings. The molecule has 0 unspecified atom stereocenters. The number of hydrogen-bond donors (Lipinski definition) is 2. The van der Waals surface area contributed by atoms with E-state index in [1.54, 1.807) is 31.2 Å². The number of imidazole rings is 1. The van der Waals surface area contributed by atoms with Crippen LogP contribution in [0.1, 0.15) is 17.3 Å². The lowest BCUT2D eigenvalue weighted by Gasteiger charge is -2.06. The summed E-state index contributed by atoms with van der Waals surface area (Å²) < 4.78 is 4.92. The number of carbonyl (C=O) groups excluding carboxylic acids is 2. The highest BCUT2D eigenvalue weighted by molar-refractivity contribution is 8.00. The quantitative estimate of drug-likeness (QED) is 0.395. The van der Waals surface area contributed by atoms with Crippen molar-refractivity contribution < 1.29 is 14.3 Å². The van der Waals surface area contributed by atoms with Gasteiger partial charge in [0.15, 0.2) is 5.65 Å². The van der Waals surface area contributed by atoms with Gasteiger partial charge in [-0.05, 0) is 31.2 Å². The molecule has 0 fully saturated rings. The van der Waals surface area contributed by atoms with Crippen molar-refractivity contribution in [3.05, 3.63) is 42.5 Å². The zero-order valence-electron chi connectivity index (χ0n) is 13.4. The summed E-state index contributed by atoms with van der Waals surface area (Å²) in [5.74, 6) is -0.381. The van der Waals surface area contributed by atoms with Crippen molar-refractivity contribution in [3.63, 3.8) is 0 Å².